The minimum absolute atomic E-state index is 0.00324. The van der Waals surface area contributed by atoms with Crippen LogP contribution >= 0.6 is 22.6 Å². The maximum atomic E-state index is 14.1. The van der Waals surface area contributed by atoms with Crippen molar-refractivity contribution < 1.29 is 18.3 Å². The summed E-state index contributed by atoms with van der Waals surface area (Å²) in [5, 5.41) is 6.64. The summed E-state index contributed by atoms with van der Waals surface area (Å²) in [5.74, 6) is -1.88. The number of hydrogen-bond acceptors (Lipinski definition) is 4. The van der Waals surface area contributed by atoms with Gasteiger partial charge in [0.2, 0.25) is 0 Å². The molecule has 9 heteroatoms. The summed E-state index contributed by atoms with van der Waals surface area (Å²) < 4.78 is 35.9. The molecule has 0 saturated heterocycles. The lowest BCUT2D eigenvalue weighted by molar-refractivity contribution is 0.0999. The Kier molecular flexibility index (Phi) is 5.07. The first-order valence-corrected chi connectivity index (χ1v) is 8.43. The number of halogens is 3. The molecule has 1 aromatic heterocycles. The van der Waals surface area contributed by atoms with Gasteiger partial charge in [-0.25, -0.2) is 8.78 Å². The summed E-state index contributed by atoms with van der Waals surface area (Å²) in [6.45, 7) is 0. The van der Waals surface area contributed by atoms with Crippen LogP contribution in [-0.4, -0.2) is 15.7 Å². The Bertz CT molecular complexity index is 991. The molecule has 0 fully saturated rings. The Hall–Kier alpha value is -2.69. The Morgan fingerprint density at radius 2 is 2.04 bits per heavy atom. The summed E-state index contributed by atoms with van der Waals surface area (Å²) in [5.41, 5.74) is 5.41. The smallest absolute Gasteiger partial charge is 0.254 e. The molecular weight excluding hydrogens is 457 g/mol. The van der Waals surface area contributed by atoms with E-state index in [-0.39, 0.29) is 22.7 Å². The van der Waals surface area contributed by atoms with Gasteiger partial charge < -0.3 is 15.8 Å². The van der Waals surface area contributed by atoms with E-state index in [0.29, 0.717) is 9.32 Å². The van der Waals surface area contributed by atoms with Crippen LogP contribution in [-0.2, 0) is 7.05 Å². The number of anilines is 2. The van der Waals surface area contributed by atoms with E-state index in [9.17, 15) is 13.6 Å². The van der Waals surface area contributed by atoms with E-state index in [2.05, 4.69) is 10.4 Å². The first-order chi connectivity index (χ1) is 12.3. The van der Waals surface area contributed by atoms with Crippen LogP contribution in [0.5, 0.6) is 11.5 Å². The molecular formula is C17H13F2IN4O2. The second-order valence-corrected chi connectivity index (χ2v) is 6.64. The molecule has 0 atom stereocenters. The van der Waals surface area contributed by atoms with Gasteiger partial charge in [0.1, 0.15) is 22.9 Å². The van der Waals surface area contributed by atoms with Crippen molar-refractivity contribution in [3.63, 3.8) is 0 Å². The van der Waals surface area contributed by atoms with E-state index >= 15 is 0 Å². The minimum atomic E-state index is -0.850. The van der Waals surface area contributed by atoms with Crippen LogP contribution in [0.1, 0.15) is 10.4 Å². The van der Waals surface area contributed by atoms with Gasteiger partial charge in [-0.3, -0.25) is 9.48 Å². The molecule has 6 nitrogen and oxygen atoms in total. The van der Waals surface area contributed by atoms with Gasteiger partial charge in [0.15, 0.2) is 5.75 Å². The number of rotatable bonds is 5. The Morgan fingerprint density at radius 3 is 2.65 bits per heavy atom. The van der Waals surface area contributed by atoms with Gasteiger partial charge in [-0.05, 0) is 46.9 Å². The van der Waals surface area contributed by atoms with E-state index in [1.165, 1.54) is 23.0 Å². The van der Waals surface area contributed by atoms with E-state index in [1.807, 2.05) is 22.6 Å². The topological polar surface area (TPSA) is 82.2 Å². The Balaban J connectivity index is 2.05. The van der Waals surface area contributed by atoms with Crippen LogP contribution in [0, 0.1) is 15.2 Å². The number of carbonyl (C=O) groups is 1. The average Bonchev–Trinajstić information content (AvgIpc) is 2.94. The Labute approximate surface area is 161 Å². The zero-order valence-electron chi connectivity index (χ0n) is 13.5. The number of aryl methyl sites for hydroxylation is 1. The molecule has 3 rings (SSSR count). The molecule has 0 saturated carbocycles. The molecule has 3 N–H and O–H groups in total. The number of aromatic nitrogens is 2. The van der Waals surface area contributed by atoms with Gasteiger partial charge in [-0.15, -0.1) is 0 Å². The van der Waals surface area contributed by atoms with Crippen molar-refractivity contribution >= 4 is 39.9 Å². The van der Waals surface area contributed by atoms with Crippen LogP contribution in [0.3, 0.4) is 0 Å². The van der Waals surface area contributed by atoms with Gasteiger partial charge in [0.05, 0.1) is 23.8 Å². The predicted octanol–water partition coefficient (Wildman–Crippen LogP) is 3.94. The van der Waals surface area contributed by atoms with Crippen molar-refractivity contribution in [2.75, 3.05) is 5.32 Å². The monoisotopic (exact) mass is 470 g/mol. The molecule has 1 amide bonds. The zero-order chi connectivity index (χ0) is 18.8. The van der Waals surface area contributed by atoms with Crippen LogP contribution in [0.2, 0.25) is 0 Å². The molecule has 2 aromatic carbocycles. The quantitative estimate of drug-likeness (QED) is 0.554. The highest BCUT2D eigenvalue weighted by Crippen LogP contribution is 2.34. The minimum Gasteiger partial charge on any atom is -0.453 e. The van der Waals surface area contributed by atoms with Crippen molar-refractivity contribution in [3.8, 4) is 11.5 Å². The molecule has 0 unspecified atom stereocenters. The third kappa shape index (κ3) is 3.93. The van der Waals surface area contributed by atoms with Gasteiger partial charge in [-0.2, -0.15) is 5.10 Å². The zero-order valence-corrected chi connectivity index (χ0v) is 15.6. The van der Waals surface area contributed by atoms with E-state index in [1.54, 1.807) is 19.3 Å². The SMILES string of the molecule is Cn1cc(Oc2cc(F)cc(Nc3ccc(I)cc3F)c2C(N)=O)cn1. The molecule has 0 radical (unpaired) electrons. The van der Waals surface area contributed by atoms with Gasteiger partial charge in [0, 0.05) is 16.7 Å². The summed E-state index contributed by atoms with van der Waals surface area (Å²) in [4.78, 5) is 11.9. The predicted molar refractivity (Wildman–Crippen MR) is 101 cm³/mol. The molecule has 0 aliphatic heterocycles. The van der Waals surface area contributed by atoms with Crippen LogP contribution in [0.25, 0.3) is 0 Å². The highest BCUT2D eigenvalue weighted by molar-refractivity contribution is 14.1. The van der Waals surface area contributed by atoms with Crippen molar-refractivity contribution in [1.29, 1.82) is 0 Å². The highest BCUT2D eigenvalue weighted by atomic mass is 127. The number of carbonyl (C=O) groups excluding carboxylic acids is 1. The Morgan fingerprint density at radius 1 is 1.27 bits per heavy atom. The fraction of sp³-hybridized carbons (Fsp3) is 0.0588. The fourth-order valence-electron chi connectivity index (χ4n) is 2.33. The lowest BCUT2D eigenvalue weighted by Gasteiger charge is -2.15. The maximum absolute atomic E-state index is 14.1. The van der Waals surface area contributed by atoms with Crippen molar-refractivity contribution in [2.45, 2.75) is 0 Å². The van der Waals surface area contributed by atoms with Crippen molar-refractivity contribution in [1.82, 2.24) is 9.78 Å². The van der Waals surface area contributed by atoms with Crippen molar-refractivity contribution in [2.24, 2.45) is 12.8 Å². The lowest BCUT2D eigenvalue weighted by Crippen LogP contribution is -2.15. The number of benzene rings is 2. The number of nitrogens with zero attached hydrogens (tertiary/aromatic N) is 2. The second-order valence-electron chi connectivity index (χ2n) is 5.39. The first-order valence-electron chi connectivity index (χ1n) is 7.35. The van der Waals surface area contributed by atoms with Crippen molar-refractivity contribution in [3.05, 3.63) is 63.5 Å². The van der Waals surface area contributed by atoms with Crippen LogP contribution in [0.4, 0.5) is 20.2 Å². The maximum Gasteiger partial charge on any atom is 0.254 e. The number of ether oxygens (including phenoxy) is 1. The fourth-order valence-corrected chi connectivity index (χ4v) is 2.78. The highest BCUT2D eigenvalue weighted by Gasteiger charge is 2.19. The molecule has 26 heavy (non-hydrogen) atoms. The van der Waals surface area contributed by atoms with Gasteiger partial charge >= 0.3 is 0 Å². The molecule has 0 spiro atoms. The van der Waals surface area contributed by atoms with Crippen LogP contribution < -0.4 is 15.8 Å². The average molecular weight is 470 g/mol. The third-order valence-electron chi connectivity index (χ3n) is 3.42. The van der Waals surface area contributed by atoms with E-state index < -0.39 is 17.5 Å². The molecule has 0 aliphatic carbocycles. The third-order valence-corrected chi connectivity index (χ3v) is 4.09. The summed E-state index contributed by atoms with van der Waals surface area (Å²) in [6, 6.07) is 6.53. The number of hydrogen-bond donors (Lipinski definition) is 2. The standard InChI is InChI=1S/C17H13F2IN4O2/c1-24-8-11(7-22-24)26-15-5-9(18)4-14(16(15)17(21)25)23-13-3-2-10(20)6-12(13)19/h2-8,23H,1H3,(H2,21,25). The summed E-state index contributed by atoms with van der Waals surface area (Å²) in [7, 11) is 1.68. The molecule has 134 valence electrons. The number of nitrogens with one attached hydrogen (secondary N) is 1. The van der Waals surface area contributed by atoms with E-state index in [0.717, 1.165) is 12.1 Å². The largest absolute Gasteiger partial charge is 0.453 e. The van der Waals surface area contributed by atoms with Gasteiger partial charge in [-0.1, -0.05) is 0 Å². The van der Waals surface area contributed by atoms with E-state index in [4.69, 9.17) is 10.5 Å². The van der Waals surface area contributed by atoms with Gasteiger partial charge in [0.25, 0.3) is 5.91 Å². The molecule has 1 heterocycles. The number of nitrogens with two attached hydrogens (primary N) is 1. The number of amides is 1. The normalized spacial score (nSPS) is 10.6. The first kappa shape index (κ1) is 18.1. The lowest BCUT2D eigenvalue weighted by atomic mass is 10.1. The number of primary amides is 1. The second kappa shape index (κ2) is 7.28. The summed E-state index contributed by atoms with van der Waals surface area (Å²) in [6.07, 6.45) is 2.95. The molecule has 3 aromatic rings. The summed E-state index contributed by atoms with van der Waals surface area (Å²) >= 11 is 1.97. The van der Waals surface area contributed by atoms with Crippen LogP contribution in [0.15, 0.2) is 42.7 Å². The molecule has 0 bridgehead atoms. The molecule has 0 aliphatic rings.